The summed E-state index contributed by atoms with van der Waals surface area (Å²) < 4.78 is 2.06. The number of amides is 1. The molecule has 0 aliphatic rings. The molecule has 186 valence electrons. The molecule has 0 saturated heterocycles. The third-order valence-electron chi connectivity index (χ3n) is 5.64. The van der Waals surface area contributed by atoms with E-state index in [1.54, 1.807) is 11.8 Å². The summed E-state index contributed by atoms with van der Waals surface area (Å²) in [4.78, 5) is 15.0. The quantitative estimate of drug-likeness (QED) is 0.183. The number of carbonyl (C=O) groups is 1. The normalized spacial score (nSPS) is 11.0. The van der Waals surface area contributed by atoms with Crippen molar-refractivity contribution in [2.75, 3.05) is 21.8 Å². The van der Waals surface area contributed by atoms with Gasteiger partial charge in [0.25, 0.3) is 0 Å². The zero-order chi connectivity index (χ0) is 25.3. The molecule has 6 nitrogen and oxygen atoms in total. The second-order valence-corrected chi connectivity index (χ2v) is 10.5. The SMILES string of the molecule is Cc1ccccc1NC(=O)CSc1nnc(CSCN(c2ccccc2)C(C)C)n1-c1ccccc1. The Balaban J connectivity index is 1.45. The molecule has 0 aliphatic heterocycles. The summed E-state index contributed by atoms with van der Waals surface area (Å²) >= 11 is 3.20. The van der Waals surface area contributed by atoms with Gasteiger partial charge in [0.05, 0.1) is 17.4 Å². The minimum absolute atomic E-state index is 0.0664. The average Bonchev–Trinajstić information content (AvgIpc) is 3.30. The van der Waals surface area contributed by atoms with E-state index in [0.29, 0.717) is 17.0 Å². The highest BCUT2D eigenvalue weighted by atomic mass is 32.2. The molecular weight excluding hydrogens is 486 g/mol. The van der Waals surface area contributed by atoms with Gasteiger partial charge in [-0.05, 0) is 56.7 Å². The number of aryl methyl sites for hydroxylation is 1. The van der Waals surface area contributed by atoms with Crippen LogP contribution in [0.25, 0.3) is 5.69 Å². The molecule has 0 fully saturated rings. The Morgan fingerprint density at radius 1 is 0.944 bits per heavy atom. The summed E-state index contributed by atoms with van der Waals surface area (Å²) in [5.41, 5.74) is 4.07. The van der Waals surface area contributed by atoms with Crippen LogP contribution in [0, 0.1) is 6.92 Å². The highest BCUT2D eigenvalue weighted by molar-refractivity contribution is 7.99. The molecule has 0 spiro atoms. The Labute approximate surface area is 221 Å². The van der Waals surface area contributed by atoms with Crippen molar-refractivity contribution >= 4 is 40.8 Å². The molecule has 0 aliphatic carbocycles. The van der Waals surface area contributed by atoms with Crippen molar-refractivity contribution in [3.63, 3.8) is 0 Å². The van der Waals surface area contributed by atoms with E-state index in [1.807, 2.05) is 67.6 Å². The van der Waals surface area contributed by atoms with Gasteiger partial charge in [-0.3, -0.25) is 9.36 Å². The van der Waals surface area contributed by atoms with Gasteiger partial charge in [0.1, 0.15) is 5.82 Å². The number of thioether (sulfide) groups is 2. The van der Waals surface area contributed by atoms with Crippen LogP contribution in [0.5, 0.6) is 0 Å². The molecule has 4 aromatic rings. The number of hydrogen-bond acceptors (Lipinski definition) is 6. The number of anilines is 2. The van der Waals surface area contributed by atoms with Crippen molar-refractivity contribution in [3.8, 4) is 5.69 Å². The fourth-order valence-corrected chi connectivity index (χ4v) is 5.61. The number of rotatable bonds is 11. The first kappa shape index (κ1) is 25.9. The molecule has 1 N–H and O–H groups in total. The average molecular weight is 518 g/mol. The van der Waals surface area contributed by atoms with Crippen molar-refractivity contribution in [2.24, 2.45) is 0 Å². The highest BCUT2D eigenvalue weighted by Crippen LogP contribution is 2.26. The van der Waals surface area contributed by atoms with Gasteiger partial charge in [0.15, 0.2) is 5.16 Å². The molecule has 36 heavy (non-hydrogen) atoms. The van der Waals surface area contributed by atoms with Gasteiger partial charge in [0, 0.05) is 23.1 Å². The highest BCUT2D eigenvalue weighted by Gasteiger charge is 2.17. The lowest BCUT2D eigenvalue weighted by Gasteiger charge is -2.28. The van der Waals surface area contributed by atoms with E-state index in [-0.39, 0.29) is 11.7 Å². The van der Waals surface area contributed by atoms with Gasteiger partial charge < -0.3 is 10.2 Å². The molecule has 8 heteroatoms. The Kier molecular flexibility index (Phi) is 9.08. The lowest BCUT2D eigenvalue weighted by molar-refractivity contribution is -0.113. The molecular formula is C28H31N5OS2. The van der Waals surface area contributed by atoms with Gasteiger partial charge >= 0.3 is 0 Å². The Morgan fingerprint density at radius 2 is 1.61 bits per heavy atom. The van der Waals surface area contributed by atoms with Crippen molar-refractivity contribution in [3.05, 3.63) is 96.3 Å². The summed E-state index contributed by atoms with van der Waals surface area (Å²) in [6.45, 7) is 6.39. The Bertz CT molecular complexity index is 1260. The lowest BCUT2D eigenvalue weighted by Crippen LogP contribution is -2.30. The summed E-state index contributed by atoms with van der Waals surface area (Å²) in [5.74, 6) is 2.59. The molecule has 0 unspecified atom stereocenters. The van der Waals surface area contributed by atoms with E-state index in [1.165, 1.54) is 17.4 Å². The van der Waals surface area contributed by atoms with Crippen LogP contribution in [-0.2, 0) is 10.5 Å². The number of carbonyl (C=O) groups excluding carboxylic acids is 1. The number of nitrogens with zero attached hydrogens (tertiary/aromatic N) is 4. The predicted octanol–water partition coefficient (Wildman–Crippen LogP) is 6.41. The zero-order valence-corrected chi connectivity index (χ0v) is 22.4. The van der Waals surface area contributed by atoms with Crippen LogP contribution in [0.1, 0.15) is 25.2 Å². The van der Waals surface area contributed by atoms with Gasteiger partial charge in [0.2, 0.25) is 5.91 Å². The van der Waals surface area contributed by atoms with Gasteiger partial charge in [-0.2, -0.15) is 0 Å². The molecule has 0 atom stereocenters. The van der Waals surface area contributed by atoms with Gasteiger partial charge in [-0.15, -0.1) is 22.0 Å². The maximum Gasteiger partial charge on any atom is 0.234 e. The predicted molar refractivity (Wildman–Crippen MR) is 152 cm³/mol. The first-order valence-electron chi connectivity index (χ1n) is 11.9. The monoisotopic (exact) mass is 517 g/mol. The van der Waals surface area contributed by atoms with Gasteiger partial charge in [-0.25, -0.2) is 0 Å². The van der Waals surface area contributed by atoms with E-state index in [2.05, 4.69) is 63.1 Å². The third-order valence-corrected chi connectivity index (χ3v) is 7.49. The van der Waals surface area contributed by atoms with Crippen LogP contribution >= 0.6 is 23.5 Å². The smallest absolute Gasteiger partial charge is 0.234 e. The first-order chi connectivity index (χ1) is 17.5. The Hall–Kier alpha value is -3.23. The fourth-order valence-electron chi connectivity index (χ4n) is 3.73. The van der Waals surface area contributed by atoms with E-state index < -0.39 is 0 Å². The number of aromatic nitrogens is 3. The molecule has 0 bridgehead atoms. The fraction of sp³-hybridized carbons (Fsp3) is 0.250. The first-order valence-corrected chi connectivity index (χ1v) is 14.0. The summed E-state index contributed by atoms with van der Waals surface area (Å²) in [5, 5.41) is 12.7. The minimum atomic E-state index is -0.0664. The van der Waals surface area contributed by atoms with Crippen LogP contribution in [-0.4, -0.2) is 38.3 Å². The minimum Gasteiger partial charge on any atom is -0.360 e. The van der Waals surface area contributed by atoms with Gasteiger partial charge in [-0.1, -0.05) is 66.4 Å². The summed E-state index contributed by atoms with van der Waals surface area (Å²) in [7, 11) is 0. The van der Waals surface area contributed by atoms with Crippen molar-refractivity contribution < 1.29 is 4.79 Å². The van der Waals surface area contributed by atoms with Crippen molar-refractivity contribution in [1.29, 1.82) is 0 Å². The molecule has 1 heterocycles. The molecule has 1 amide bonds. The number of hydrogen-bond donors (Lipinski definition) is 1. The van der Waals surface area contributed by atoms with Crippen LogP contribution in [0.15, 0.2) is 90.1 Å². The topological polar surface area (TPSA) is 63.1 Å². The third kappa shape index (κ3) is 6.71. The maximum atomic E-state index is 12.6. The number of nitrogens with one attached hydrogen (secondary N) is 1. The van der Waals surface area contributed by atoms with Crippen LogP contribution in [0.4, 0.5) is 11.4 Å². The number of para-hydroxylation sites is 3. The summed E-state index contributed by atoms with van der Waals surface area (Å²) in [6, 6.07) is 28.7. The number of benzene rings is 3. The van der Waals surface area contributed by atoms with Crippen LogP contribution in [0.2, 0.25) is 0 Å². The van der Waals surface area contributed by atoms with E-state index in [4.69, 9.17) is 0 Å². The van der Waals surface area contributed by atoms with Crippen molar-refractivity contribution in [2.45, 2.75) is 37.7 Å². The summed E-state index contributed by atoms with van der Waals surface area (Å²) in [6.07, 6.45) is 0. The van der Waals surface area contributed by atoms with Crippen LogP contribution in [0.3, 0.4) is 0 Å². The lowest BCUT2D eigenvalue weighted by atomic mass is 10.2. The second-order valence-electron chi connectivity index (χ2n) is 8.60. The van der Waals surface area contributed by atoms with E-state index in [0.717, 1.165) is 28.6 Å². The molecule has 4 rings (SSSR count). The van der Waals surface area contributed by atoms with Crippen molar-refractivity contribution in [1.82, 2.24) is 14.8 Å². The van der Waals surface area contributed by atoms with E-state index >= 15 is 0 Å². The van der Waals surface area contributed by atoms with E-state index in [9.17, 15) is 4.79 Å². The molecule has 1 aromatic heterocycles. The maximum absolute atomic E-state index is 12.6. The largest absolute Gasteiger partial charge is 0.360 e. The second kappa shape index (κ2) is 12.6. The van der Waals surface area contributed by atoms with Crippen LogP contribution < -0.4 is 10.2 Å². The molecule has 0 radical (unpaired) electrons. The molecule has 0 saturated carbocycles. The zero-order valence-electron chi connectivity index (χ0n) is 20.8. The standard InChI is InChI=1S/C28H31N5OS2/c1-21(2)32(23-13-6-4-7-14-23)20-35-18-26-30-31-28(33(26)24-15-8-5-9-16-24)36-19-27(34)29-25-17-11-10-12-22(25)3/h4-17,21H,18-20H2,1-3H3,(H,29,34). The molecule has 3 aromatic carbocycles. The Morgan fingerprint density at radius 3 is 2.31 bits per heavy atom.